The van der Waals surface area contributed by atoms with Crippen molar-refractivity contribution < 1.29 is 9.18 Å². The lowest BCUT2D eigenvalue weighted by molar-refractivity contribution is -0.113. The van der Waals surface area contributed by atoms with Gasteiger partial charge in [-0.2, -0.15) is 0 Å². The number of hydrogen-bond donors (Lipinski definition) is 0. The lowest BCUT2D eigenvalue weighted by atomic mass is 10.1. The van der Waals surface area contributed by atoms with Crippen molar-refractivity contribution in [1.29, 1.82) is 0 Å². The first kappa shape index (κ1) is 14.9. The van der Waals surface area contributed by atoms with Gasteiger partial charge >= 0.3 is 0 Å². The maximum Gasteiger partial charge on any atom is 0.270 e. The van der Waals surface area contributed by atoms with Gasteiger partial charge in [0.05, 0.1) is 10.6 Å². The molecule has 0 radical (unpaired) electrons. The first-order valence-electron chi connectivity index (χ1n) is 6.65. The second-order valence-electron chi connectivity index (χ2n) is 4.91. The Hall–Kier alpha value is -1.98. The van der Waals surface area contributed by atoms with E-state index in [1.807, 2.05) is 37.3 Å². The van der Waals surface area contributed by atoms with E-state index >= 15 is 0 Å². The van der Waals surface area contributed by atoms with E-state index in [1.54, 1.807) is 12.1 Å². The summed E-state index contributed by atoms with van der Waals surface area (Å²) in [6.45, 7) is 2.00. The van der Waals surface area contributed by atoms with Crippen LogP contribution in [0.25, 0.3) is 6.08 Å². The molecule has 2 aromatic rings. The monoisotopic (exact) mass is 329 g/mol. The fourth-order valence-corrected chi connectivity index (χ4v) is 3.49. The third-order valence-corrected chi connectivity index (χ3v) is 4.52. The molecule has 0 bridgehead atoms. The van der Waals surface area contributed by atoms with Crippen LogP contribution in [-0.2, 0) is 4.79 Å². The van der Waals surface area contributed by atoms with Crippen molar-refractivity contribution in [2.24, 2.45) is 0 Å². The Kier molecular flexibility index (Phi) is 4.09. The SMILES string of the molecule is Cc1cccc(/C=C2/SC(=S)N(c3ccc(F)cc3)C2=O)c1. The zero-order valence-corrected chi connectivity index (χ0v) is 13.4. The molecule has 22 heavy (non-hydrogen) atoms. The van der Waals surface area contributed by atoms with Gasteiger partial charge in [0.15, 0.2) is 4.32 Å². The number of anilines is 1. The summed E-state index contributed by atoms with van der Waals surface area (Å²) in [6.07, 6.45) is 1.83. The van der Waals surface area contributed by atoms with E-state index in [2.05, 4.69) is 0 Å². The van der Waals surface area contributed by atoms with E-state index in [1.165, 1.54) is 28.8 Å². The Labute approximate surface area is 137 Å². The number of nitrogens with zero attached hydrogens (tertiary/aromatic N) is 1. The van der Waals surface area contributed by atoms with E-state index in [0.29, 0.717) is 14.9 Å². The van der Waals surface area contributed by atoms with Crippen LogP contribution in [0.5, 0.6) is 0 Å². The van der Waals surface area contributed by atoms with Crippen LogP contribution < -0.4 is 4.90 Å². The molecule has 1 aliphatic heterocycles. The minimum Gasteiger partial charge on any atom is -0.268 e. The molecule has 1 aliphatic rings. The number of benzene rings is 2. The Morgan fingerprint density at radius 3 is 2.59 bits per heavy atom. The van der Waals surface area contributed by atoms with E-state index in [9.17, 15) is 9.18 Å². The maximum absolute atomic E-state index is 13.0. The highest BCUT2D eigenvalue weighted by Gasteiger charge is 2.33. The summed E-state index contributed by atoms with van der Waals surface area (Å²) in [7, 11) is 0. The minimum absolute atomic E-state index is 0.178. The van der Waals surface area contributed by atoms with Crippen molar-refractivity contribution in [2.45, 2.75) is 6.92 Å². The summed E-state index contributed by atoms with van der Waals surface area (Å²) < 4.78 is 13.5. The Morgan fingerprint density at radius 2 is 1.91 bits per heavy atom. The van der Waals surface area contributed by atoms with Crippen molar-refractivity contribution >= 4 is 46.0 Å². The molecule has 0 aliphatic carbocycles. The van der Waals surface area contributed by atoms with Crippen LogP contribution in [0, 0.1) is 12.7 Å². The largest absolute Gasteiger partial charge is 0.270 e. The molecule has 5 heteroatoms. The van der Waals surface area contributed by atoms with E-state index in [0.717, 1.165) is 11.1 Å². The molecule has 2 aromatic carbocycles. The highest BCUT2D eigenvalue weighted by Crippen LogP contribution is 2.36. The molecule has 0 aromatic heterocycles. The summed E-state index contributed by atoms with van der Waals surface area (Å²) >= 11 is 6.54. The molecule has 1 heterocycles. The first-order valence-corrected chi connectivity index (χ1v) is 7.87. The Morgan fingerprint density at radius 1 is 1.18 bits per heavy atom. The molecular formula is C17H12FNOS2. The average molecular weight is 329 g/mol. The van der Waals surface area contributed by atoms with Crippen LogP contribution in [0.1, 0.15) is 11.1 Å². The molecule has 0 unspecified atom stereocenters. The van der Waals surface area contributed by atoms with Crippen LogP contribution in [0.2, 0.25) is 0 Å². The predicted octanol–water partition coefficient (Wildman–Crippen LogP) is 4.54. The highest BCUT2D eigenvalue weighted by molar-refractivity contribution is 8.27. The van der Waals surface area contributed by atoms with Crippen molar-refractivity contribution in [3.05, 3.63) is 70.4 Å². The zero-order valence-electron chi connectivity index (χ0n) is 11.7. The van der Waals surface area contributed by atoms with Crippen LogP contribution in [0.3, 0.4) is 0 Å². The Bertz CT molecular complexity index is 784. The fourth-order valence-electron chi connectivity index (χ4n) is 2.19. The van der Waals surface area contributed by atoms with Crippen LogP contribution >= 0.6 is 24.0 Å². The molecule has 0 spiro atoms. The molecule has 2 nitrogen and oxygen atoms in total. The lowest BCUT2D eigenvalue weighted by Gasteiger charge is -2.14. The second-order valence-corrected chi connectivity index (χ2v) is 6.58. The number of halogens is 1. The molecular weight excluding hydrogens is 317 g/mol. The second kappa shape index (κ2) is 6.02. The molecule has 110 valence electrons. The molecule has 0 N–H and O–H groups in total. The third kappa shape index (κ3) is 2.96. The van der Waals surface area contributed by atoms with E-state index < -0.39 is 0 Å². The predicted molar refractivity (Wildman–Crippen MR) is 93.2 cm³/mol. The number of aryl methyl sites for hydroxylation is 1. The van der Waals surface area contributed by atoms with E-state index in [4.69, 9.17) is 12.2 Å². The average Bonchev–Trinajstić information content (AvgIpc) is 2.75. The summed E-state index contributed by atoms with van der Waals surface area (Å²) in [4.78, 5) is 14.5. The van der Waals surface area contributed by atoms with Gasteiger partial charge in [0.1, 0.15) is 5.82 Å². The molecule has 0 atom stereocenters. The van der Waals surface area contributed by atoms with Gasteiger partial charge in [0, 0.05) is 0 Å². The number of hydrogen-bond acceptors (Lipinski definition) is 3. The number of amides is 1. The number of thioether (sulfide) groups is 1. The van der Waals surface area contributed by atoms with Gasteiger partial charge in [-0.25, -0.2) is 4.39 Å². The smallest absolute Gasteiger partial charge is 0.268 e. The van der Waals surface area contributed by atoms with E-state index in [-0.39, 0.29) is 11.7 Å². The van der Waals surface area contributed by atoms with Crippen LogP contribution in [0.15, 0.2) is 53.4 Å². The van der Waals surface area contributed by atoms with Gasteiger partial charge in [0.25, 0.3) is 5.91 Å². The number of carbonyl (C=O) groups excluding carboxylic acids is 1. The Balaban J connectivity index is 1.93. The van der Waals surface area contributed by atoms with Gasteiger partial charge < -0.3 is 0 Å². The van der Waals surface area contributed by atoms with Gasteiger partial charge in [-0.05, 0) is 42.8 Å². The molecule has 1 saturated heterocycles. The van der Waals surface area contributed by atoms with Gasteiger partial charge in [-0.3, -0.25) is 9.69 Å². The number of thiocarbonyl (C=S) groups is 1. The number of rotatable bonds is 2. The van der Waals surface area contributed by atoms with Crippen molar-refractivity contribution in [3.63, 3.8) is 0 Å². The first-order chi connectivity index (χ1) is 10.5. The van der Waals surface area contributed by atoms with Crippen LogP contribution in [0.4, 0.5) is 10.1 Å². The standard InChI is InChI=1S/C17H12FNOS2/c1-11-3-2-4-12(9-11)10-15-16(20)19(17(21)22-15)14-7-5-13(18)6-8-14/h2-10H,1H3/b15-10+. The quantitative estimate of drug-likeness (QED) is 0.596. The van der Waals surface area contributed by atoms with Gasteiger partial charge in [0.2, 0.25) is 0 Å². The minimum atomic E-state index is -0.343. The maximum atomic E-state index is 13.0. The highest BCUT2D eigenvalue weighted by atomic mass is 32.2. The normalized spacial score (nSPS) is 16.6. The lowest BCUT2D eigenvalue weighted by Crippen LogP contribution is -2.27. The summed E-state index contributed by atoms with van der Waals surface area (Å²) in [5.41, 5.74) is 2.67. The van der Waals surface area contributed by atoms with Crippen molar-refractivity contribution in [3.8, 4) is 0 Å². The third-order valence-electron chi connectivity index (χ3n) is 3.22. The fraction of sp³-hybridized carbons (Fsp3) is 0.0588. The van der Waals surface area contributed by atoms with Crippen LogP contribution in [-0.4, -0.2) is 10.2 Å². The van der Waals surface area contributed by atoms with Crippen molar-refractivity contribution in [1.82, 2.24) is 0 Å². The molecule has 1 amide bonds. The van der Waals surface area contributed by atoms with Gasteiger partial charge in [-0.1, -0.05) is 53.8 Å². The van der Waals surface area contributed by atoms with Crippen molar-refractivity contribution in [2.75, 3.05) is 4.90 Å². The summed E-state index contributed by atoms with van der Waals surface area (Å²) in [6, 6.07) is 13.6. The van der Waals surface area contributed by atoms with Gasteiger partial charge in [-0.15, -0.1) is 0 Å². The number of carbonyl (C=O) groups is 1. The molecule has 1 fully saturated rings. The molecule has 3 rings (SSSR count). The molecule has 0 saturated carbocycles. The zero-order chi connectivity index (χ0) is 15.7. The topological polar surface area (TPSA) is 20.3 Å². The summed E-state index contributed by atoms with van der Waals surface area (Å²) in [5, 5.41) is 0. The summed E-state index contributed by atoms with van der Waals surface area (Å²) in [5.74, 6) is -0.521.